The van der Waals surface area contributed by atoms with E-state index in [9.17, 15) is 9.59 Å². The van der Waals surface area contributed by atoms with E-state index in [2.05, 4.69) is 9.97 Å². The standard InChI is InChI=1S/C22H25N5O3S/c1-15-24-16(12-31-15)9-26-6-5-22(21(26)29)13-27(20(28)8-17-4-3-7-30-17)10-18(22)19-11-25(2)14-23-19/h3-4,7,11-12,14,18H,5-6,8-10,13H2,1-2H3. The van der Waals surface area contributed by atoms with Crippen LogP contribution in [-0.4, -0.2) is 55.8 Å². The molecule has 2 fully saturated rings. The maximum absolute atomic E-state index is 13.7. The highest BCUT2D eigenvalue weighted by Crippen LogP contribution is 2.49. The Morgan fingerprint density at radius 2 is 2.29 bits per heavy atom. The molecule has 31 heavy (non-hydrogen) atoms. The Balaban J connectivity index is 1.41. The number of nitrogens with zero attached hydrogens (tertiary/aromatic N) is 5. The fourth-order valence-electron chi connectivity index (χ4n) is 4.92. The van der Waals surface area contributed by atoms with E-state index < -0.39 is 5.41 Å². The highest BCUT2D eigenvalue weighted by Gasteiger charge is 2.58. The highest BCUT2D eigenvalue weighted by atomic mass is 32.1. The number of carbonyl (C=O) groups excluding carboxylic acids is 2. The van der Waals surface area contributed by atoms with E-state index in [4.69, 9.17) is 4.42 Å². The summed E-state index contributed by atoms with van der Waals surface area (Å²) in [5.41, 5.74) is 1.15. The summed E-state index contributed by atoms with van der Waals surface area (Å²) in [5.74, 6) is 0.596. The van der Waals surface area contributed by atoms with Crippen LogP contribution in [0, 0.1) is 12.3 Å². The van der Waals surface area contributed by atoms with Gasteiger partial charge in [0.25, 0.3) is 0 Å². The smallest absolute Gasteiger partial charge is 0.231 e. The van der Waals surface area contributed by atoms with Gasteiger partial charge in [-0.2, -0.15) is 0 Å². The van der Waals surface area contributed by atoms with Crippen molar-refractivity contribution in [1.82, 2.24) is 24.3 Å². The molecule has 3 aromatic rings. The third-order valence-corrected chi connectivity index (χ3v) is 7.27. The zero-order valence-corrected chi connectivity index (χ0v) is 18.5. The van der Waals surface area contributed by atoms with Gasteiger partial charge >= 0.3 is 0 Å². The predicted molar refractivity (Wildman–Crippen MR) is 114 cm³/mol. The first-order valence-corrected chi connectivity index (χ1v) is 11.3. The van der Waals surface area contributed by atoms with Gasteiger partial charge in [0, 0.05) is 44.2 Å². The molecule has 1 spiro atoms. The third kappa shape index (κ3) is 3.56. The summed E-state index contributed by atoms with van der Waals surface area (Å²) in [6.07, 6.45) is 6.20. The lowest BCUT2D eigenvalue weighted by Gasteiger charge is -2.27. The lowest BCUT2D eigenvalue weighted by atomic mass is 9.75. The number of rotatable bonds is 5. The van der Waals surface area contributed by atoms with Gasteiger partial charge in [0.15, 0.2) is 0 Å². The minimum absolute atomic E-state index is 0.0193. The first kappa shape index (κ1) is 20.0. The number of aryl methyl sites for hydroxylation is 2. The molecule has 2 saturated heterocycles. The molecule has 9 heteroatoms. The Kier molecular flexibility index (Phi) is 4.92. The number of amides is 2. The molecule has 0 saturated carbocycles. The predicted octanol–water partition coefficient (Wildman–Crippen LogP) is 2.37. The molecule has 2 unspecified atom stereocenters. The largest absolute Gasteiger partial charge is 0.469 e. The average Bonchev–Trinajstić information content (AvgIpc) is 3.54. The monoisotopic (exact) mass is 439 g/mol. The van der Waals surface area contributed by atoms with Crippen LogP contribution >= 0.6 is 11.3 Å². The van der Waals surface area contributed by atoms with Crippen LogP contribution in [-0.2, 0) is 29.6 Å². The second kappa shape index (κ2) is 7.64. The van der Waals surface area contributed by atoms with E-state index >= 15 is 0 Å². The van der Waals surface area contributed by atoms with Crippen LogP contribution in [0.1, 0.15) is 34.5 Å². The van der Waals surface area contributed by atoms with Crippen LogP contribution in [0.25, 0.3) is 0 Å². The van der Waals surface area contributed by atoms with Gasteiger partial charge in [-0.05, 0) is 25.5 Å². The van der Waals surface area contributed by atoms with Gasteiger partial charge < -0.3 is 18.8 Å². The van der Waals surface area contributed by atoms with E-state index in [1.807, 2.05) is 39.9 Å². The fourth-order valence-corrected chi connectivity index (χ4v) is 5.52. The van der Waals surface area contributed by atoms with Gasteiger partial charge in [0.05, 0.1) is 47.4 Å². The van der Waals surface area contributed by atoms with Crippen molar-refractivity contribution >= 4 is 23.2 Å². The van der Waals surface area contributed by atoms with Gasteiger partial charge in [0.2, 0.25) is 11.8 Å². The Bertz CT molecular complexity index is 1100. The van der Waals surface area contributed by atoms with E-state index in [0.717, 1.165) is 16.4 Å². The van der Waals surface area contributed by atoms with Crippen molar-refractivity contribution in [2.24, 2.45) is 12.5 Å². The number of likely N-dealkylation sites (tertiary alicyclic amines) is 2. The second-order valence-electron chi connectivity index (χ2n) is 8.54. The Morgan fingerprint density at radius 1 is 1.42 bits per heavy atom. The van der Waals surface area contributed by atoms with Crippen molar-refractivity contribution < 1.29 is 14.0 Å². The van der Waals surface area contributed by atoms with Gasteiger partial charge in [0.1, 0.15) is 5.76 Å². The van der Waals surface area contributed by atoms with Crippen LogP contribution in [0.2, 0.25) is 0 Å². The van der Waals surface area contributed by atoms with Gasteiger partial charge in [-0.3, -0.25) is 9.59 Å². The maximum Gasteiger partial charge on any atom is 0.231 e. The number of imidazole rings is 1. The molecule has 2 amide bonds. The van der Waals surface area contributed by atoms with E-state index in [1.54, 1.807) is 36.1 Å². The molecule has 8 nitrogen and oxygen atoms in total. The van der Waals surface area contributed by atoms with Crippen molar-refractivity contribution in [3.8, 4) is 0 Å². The molecule has 5 rings (SSSR count). The molecule has 2 aliphatic rings. The molecule has 0 N–H and O–H groups in total. The van der Waals surface area contributed by atoms with E-state index in [1.165, 1.54) is 0 Å². The minimum atomic E-state index is -0.641. The minimum Gasteiger partial charge on any atom is -0.469 e. The van der Waals surface area contributed by atoms with Crippen molar-refractivity contribution in [2.75, 3.05) is 19.6 Å². The van der Waals surface area contributed by atoms with Gasteiger partial charge in [-0.1, -0.05) is 0 Å². The first-order valence-electron chi connectivity index (χ1n) is 10.4. The second-order valence-corrected chi connectivity index (χ2v) is 9.60. The summed E-state index contributed by atoms with van der Waals surface area (Å²) >= 11 is 1.60. The van der Waals surface area contributed by atoms with Crippen LogP contribution in [0.3, 0.4) is 0 Å². The fraction of sp³-hybridized carbons (Fsp3) is 0.455. The first-order chi connectivity index (χ1) is 14.9. The van der Waals surface area contributed by atoms with Crippen LogP contribution in [0.5, 0.6) is 0 Å². The lowest BCUT2D eigenvalue weighted by Crippen LogP contribution is -2.40. The average molecular weight is 440 g/mol. The van der Waals surface area contributed by atoms with Crippen LogP contribution in [0.15, 0.2) is 40.7 Å². The normalized spacial score (nSPS) is 23.4. The topological polar surface area (TPSA) is 84.5 Å². The summed E-state index contributed by atoms with van der Waals surface area (Å²) in [7, 11) is 1.92. The van der Waals surface area contributed by atoms with Crippen LogP contribution in [0.4, 0.5) is 0 Å². The summed E-state index contributed by atoms with van der Waals surface area (Å²) in [5, 5.41) is 3.01. The Labute approximate surface area is 184 Å². The SMILES string of the molecule is Cc1nc(CN2CCC3(CN(C(=O)Cc4ccco4)CC3c3cn(C)cn3)C2=O)cs1. The molecule has 5 heterocycles. The third-order valence-electron chi connectivity index (χ3n) is 6.44. The van der Waals surface area contributed by atoms with Crippen molar-refractivity contribution in [3.05, 3.63) is 58.5 Å². The lowest BCUT2D eigenvalue weighted by molar-refractivity contribution is -0.137. The summed E-state index contributed by atoms with van der Waals surface area (Å²) < 4.78 is 7.25. The van der Waals surface area contributed by atoms with Gasteiger partial charge in [-0.15, -0.1) is 11.3 Å². The Morgan fingerprint density at radius 3 is 2.97 bits per heavy atom. The van der Waals surface area contributed by atoms with Gasteiger partial charge in [-0.25, -0.2) is 9.97 Å². The molecular weight excluding hydrogens is 414 g/mol. The molecule has 162 valence electrons. The van der Waals surface area contributed by atoms with E-state index in [0.29, 0.717) is 38.4 Å². The molecule has 2 atom stereocenters. The molecule has 0 bridgehead atoms. The number of hydrogen-bond acceptors (Lipinski definition) is 6. The van der Waals surface area contributed by atoms with Crippen molar-refractivity contribution in [1.29, 1.82) is 0 Å². The maximum atomic E-state index is 13.7. The van der Waals surface area contributed by atoms with Crippen molar-refractivity contribution in [3.63, 3.8) is 0 Å². The molecule has 0 aromatic carbocycles. The molecule has 2 aliphatic heterocycles. The number of thiazole rings is 1. The molecular formula is C22H25N5O3S. The number of hydrogen-bond donors (Lipinski definition) is 0. The number of aromatic nitrogens is 3. The summed E-state index contributed by atoms with van der Waals surface area (Å²) in [6, 6.07) is 3.58. The Hall–Kier alpha value is -2.94. The quantitative estimate of drug-likeness (QED) is 0.609. The summed E-state index contributed by atoms with van der Waals surface area (Å²) in [6.45, 7) is 4.06. The molecule has 0 aliphatic carbocycles. The number of carbonyl (C=O) groups is 2. The van der Waals surface area contributed by atoms with Crippen molar-refractivity contribution in [2.45, 2.75) is 32.2 Å². The highest BCUT2D eigenvalue weighted by molar-refractivity contribution is 7.09. The summed E-state index contributed by atoms with van der Waals surface area (Å²) in [4.78, 5) is 39.5. The van der Waals surface area contributed by atoms with Crippen LogP contribution < -0.4 is 0 Å². The molecule has 0 radical (unpaired) electrons. The number of furan rings is 1. The zero-order valence-electron chi connectivity index (χ0n) is 17.7. The zero-order chi connectivity index (χ0) is 21.6. The van der Waals surface area contributed by atoms with E-state index in [-0.39, 0.29) is 24.2 Å². The molecule has 3 aromatic heterocycles.